The molecule has 5 heteroatoms. The Balaban J connectivity index is 2.58. The molecule has 1 aromatic heterocycles. The lowest BCUT2D eigenvalue weighted by molar-refractivity contribution is 0.0420. The summed E-state index contributed by atoms with van der Waals surface area (Å²) in [5.74, 6) is -0.628. The third-order valence-corrected chi connectivity index (χ3v) is 3.89. The number of unbranched alkanes of at least 4 members (excludes halogenated alkanes) is 2. The minimum Gasteiger partial charge on any atom is -0.461 e. The molecular weight excluding hydrogens is 306 g/mol. The van der Waals surface area contributed by atoms with Crippen LogP contribution in [0.1, 0.15) is 80.3 Å². The van der Waals surface area contributed by atoms with Gasteiger partial charge in [-0.15, -0.1) is 0 Å². The number of ether oxygens (including phenoxy) is 2. The minimum atomic E-state index is -0.507. The van der Waals surface area contributed by atoms with E-state index in [0.717, 1.165) is 38.5 Å². The molecule has 1 heterocycles. The molecule has 0 aromatic carbocycles. The van der Waals surface area contributed by atoms with Crippen molar-refractivity contribution in [2.75, 3.05) is 13.2 Å². The predicted molar refractivity (Wildman–Crippen MR) is 93.0 cm³/mol. The molecule has 0 bridgehead atoms. The smallest absolute Gasteiger partial charge is 0.356 e. The first-order valence-electron chi connectivity index (χ1n) is 8.93. The SMILES string of the molecule is CCCCOC(=O)c1cccc(C(=O)OCC(CC)CCCC)n1. The normalized spacial score (nSPS) is 11.8. The Hall–Kier alpha value is -1.91. The molecule has 0 aliphatic carbocycles. The van der Waals surface area contributed by atoms with E-state index < -0.39 is 11.9 Å². The van der Waals surface area contributed by atoms with E-state index in [4.69, 9.17) is 9.47 Å². The van der Waals surface area contributed by atoms with Gasteiger partial charge in [0.05, 0.1) is 13.2 Å². The number of hydrogen-bond donors (Lipinski definition) is 0. The molecule has 1 unspecified atom stereocenters. The highest BCUT2D eigenvalue weighted by Crippen LogP contribution is 2.14. The van der Waals surface area contributed by atoms with E-state index in [1.165, 1.54) is 0 Å². The van der Waals surface area contributed by atoms with Crippen LogP contribution in [0.15, 0.2) is 18.2 Å². The van der Waals surface area contributed by atoms with Gasteiger partial charge in [0.25, 0.3) is 0 Å². The average molecular weight is 335 g/mol. The zero-order valence-electron chi connectivity index (χ0n) is 15.0. The highest BCUT2D eigenvalue weighted by atomic mass is 16.5. The standard InChI is InChI=1S/C19H29NO4/c1-4-7-10-15(6-3)14-24-19(22)17-12-9-11-16(20-17)18(21)23-13-8-5-2/h9,11-12,15H,4-8,10,13-14H2,1-3H3. The second-order valence-corrected chi connectivity index (χ2v) is 5.91. The van der Waals surface area contributed by atoms with Crippen LogP contribution in [0.3, 0.4) is 0 Å². The number of carbonyl (C=O) groups is 2. The van der Waals surface area contributed by atoms with Crippen LogP contribution in [0.25, 0.3) is 0 Å². The van der Waals surface area contributed by atoms with E-state index in [9.17, 15) is 9.59 Å². The molecule has 0 saturated carbocycles. The van der Waals surface area contributed by atoms with Crippen LogP contribution >= 0.6 is 0 Å². The second kappa shape index (κ2) is 11.6. The Morgan fingerprint density at radius 3 is 2.21 bits per heavy atom. The first-order valence-corrected chi connectivity index (χ1v) is 8.93. The van der Waals surface area contributed by atoms with Gasteiger partial charge in [-0.3, -0.25) is 0 Å². The average Bonchev–Trinajstić information content (AvgIpc) is 2.62. The van der Waals surface area contributed by atoms with Gasteiger partial charge < -0.3 is 9.47 Å². The van der Waals surface area contributed by atoms with Crippen LogP contribution in [-0.4, -0.2) is 30.1 Å². The van der Waals surface area contributed by atoms with Gasteiger partial charge in [-0.2, -0.15) is 0 Å². The van der Waals surface area contributed by atoms with Crippen LogP contribution in [-0.2, 0) is 9.47 Å². The molecule has 0 amide bonds. The molecule has 1 aromatic rings. The summed E-state index contributed by atoms with van der Waals surface area (Å²) in [6, 6.07) is 4.72. The molecule has 0 aliphatic heterocycles. The number of carbonyl (C=O) groups excluding carboxylic acids is 2. The summed E-state index contributed by atoms with van der Waals surface area (Å²) in [6.45, 7) is 7.02. The summed E-state index contributed by atoms with van der Waals surface area (Å²) < 4.78 is 10.5. The van der Waals surface area contributed by atoms with Crippen molar-refractivity contribution in [1.82, 2.24) is 4.98 Å². The van der Waals surface area contributed by atoms with Gasteiger partial charge in [-0.05, 0) is 30.9 Å². The highest BCUT2D eigenvalue weighted by molar-refractivity contribution is 5.91. The van der Waals surface area contributed by atoms with Gasteiger partial charge in [-0.1, -0.05) is 52.5 Å². The number of aromatic nitrogens is 1. The second-order valence-electron chi connectivity index (χ2n) is 5.91. The summed E-state index contributed by atoms with van der Waals surface area (Å²) in [5, 5.41) is 0. The van der Waals surface area contributed by atoms with Crippen molar-refractivity contribution in [2.45, 2.75) is 59.3 Å². The van der Waals surface area contributed by atoms with Crippen molar-refractivity contribution in [1.29, 1.82) is 0 Å². The Morgan fingerprint density at radius 1 is 1.00 bits per heavy atom. The van der Waals surface area contributed by atoms with Crippen LogP contribution in [0.5, 0.6) is 0 Å². The van der Waals surface area contributed by atoms with Gasteiger partial charge in [0, 0.05) is 0 Å². The number of hydrogen-bond acceptors (Lipinski definition) is 5. The fourth-order valence-corrected chi connectivity index (χ4v) is 2.21. The van der Waals surface area contributed by atoms with E-state index in [1.807, 2.05) is 6.92 Å². The molecule has 24 heavy (non-hydrogen) atoms. The third kappa shape index (κ3) is 7.11. The lowest BCUT2D eigenvalue weighted by Gasteiger charge is -2.14. The molecule has 134 valence electrons. The van der Waals surface area contributed by atoms with Crippen molar-refractivity contribution >= 4 is 11.9 Å². The van der Waals surface area contributed by atoms with E-state index in [0.29, 0.717) is 19.1 Å². The summed E-state index contributed by atoms with van der Waals surface area (Å²) >= 11 is 0. The van der Waals surface area contributed by atoms with Crippen molar-refractivity contribution < 1.29 is 19.1 Å². The van der Waals surface area contributed by atoms with Crippen molar-refractivity contribution in [3.63, 3.8) is 0 Å². The van der Waals surface area contributed by atoms with Crippen LogP contribution < -0.4 is 0 Å². The number of esters is 2. The minimum absolute atomic E-state index is 0.138. The lowest BCUT2D eigenvalue weighted by Crippen LogP contribution is -2.16. The zero-order valence-corrected chi connectivity index (χ0v) is 15.0. The fraction of sp³-hybridized carbons (Fsp3) is 0.632. The maximum Gasteiger partial charge on any atom is 0.356 e. The van der Waals surface area contributed by atoms with Crippen molar-refractivity contribution in [2.24, 2.45) is 5.92 Å². The number of rotatable bonds is 11. The zero-order chi connectivity index (χ0) is 17.8. The summed E-state index contributed by atoms with van der Waals surface area (Å²) in [6.07, 6.45) is 6.05. The Morgan fingerprint density at radius 2 is 1.62 bits per heavy atom. The number of nitrogens with zero attached hydrogens (tertiary/aromatic N) is 1. The molecule has 1 atom stereocenters. The van der Waals surface area contributed by atoms with Crippen LogP contribution in [0, 0.1) is 5.92 Å². The summed E-state index contributed by atoms with van der Waals surface area (Å²) in [7, 11) is 0. The first-order chi connectivity index (χ1) is 11.6. The topological polar surface area (TPSA) is 65.5 Å². The predicted octanol–water partition coefficient (Wildman–Crippen LogP) is 4.41. The van der Waals surface area contributed by atoms with Crippen LogP contribution in [0.4, 0.5) is 0 Å². The van der Waals surface area contributed by atoms with Gasteiger partial charge in [0.15, 0.2) is 0 Å². The maximum absolute atomic E-state index is 12.1. The Bertz CT molecular complexity index is 516. The third-order valence-electron chi connectivity index (χ3n) is 3.89. The lowest BCUT2D eigenvalue weighted by atomic mass is 10.0. The van der Waals surface area contributed by atoms with Crippen molar-refractivity contribution in [3.8, 4) is 0 Å². The van der Waals surface area contributed by atoms with E-state index in [-0.39, 0.29) is 11.4 Å². The highest BCUT2D eigenvalue weighted by Gasteiger charge is 2.16. The molecule has 0 fully saturated rings. The Labute approximate surface area is 144 Å². The molecule has 0 N–H and O–H groups in total. The van der Waals surface area contributed by atoms with Crippen LogP contribution in [0.2, 0.25) is 0 Å². The van der Waals surface area contributed by atoms with Crippen molar-refractivity contribution in [3.05, 3.63) is 29.6 Å². The largest absolute Gasteiger partial charge is 0.461 e. The van der Waals surface area contributed by atoms with E-state index >= 15 is 0 Å². The number of pyridine rings is 1. The van der Waals surface area contributed by atoms with Gasteiger partial charge in [0.1, 0.15) is 11.4 Å². The molecular formula is C19H29NO4. The maximum atomic E-state index is 12.1. The first kappa shape index (κ1) is 20.1. The molecule has 0 spiro atoms. The van der Waals surface area contributed by atoms with Gasteiger partial charge in [0.2, 0.25) is 0 Å². The van der Waals surface area contributed by atoms with Gasteiger partial charge >= 0.3 is 11.9 Å². The Kier molecular flexibility index (Phi) is 9.73. The molecule has 1 rings (SSSR count). The molecule has 0 saturated heterocycles. The monoisotopic (exact) mass is 335 g/mol. The molecule has 5 nitrogen and oxygen atoms in total. The van der Waals surface area contributed by atoms with E-state index in [2.05, 4.69) is 18.8 Å². The van der Waals surface area contributed by atoms with Gasteiger partial charge in [-0.25, -0.2) is 14.6 Å². The van der Waals surface area contributed by atoms with E-state index in [1.54, 1.807) is 18.2 Å². The summed E-state index contributed by atoms with van der Waals surface area (Å²) in [4.78, 5) is 28.1. The fourth-order valence-electron chi connectivity index (χ4n) is 2.21. The summed E-state index contributed by atoms with van der Waals surface area (Å²) in [5.41, 5.74) is 0.281. The molecule has 0 aliphatic rings. The molecule has 0 radical (unpaired) electrons. The quantitative estimate of drug-likeness (QED) is 0.442.